The normalized spacial score (nSPS) is 21.1. The number of rotatable bonds is 4. The predicted octanol–water partition coefficient (Wildman–Crippen LogP) is 0.00810. The lowest BCUT2D eigenvalue weighted by Crippen LogP contribution is -2.44. The Morgan fingerprint density at radius 2 is 2.24 bits per heavy atom. The number of likely N-dealkylation sites (N-methyl/N-ethyl adjacent to an activating group) is 1. The molecule has 1 amide bonds. The number of ether oxygens (including phenoxy) is 1. The molecule has 1 heterocycles. The molecule has 1 aliphatic rings. The molecule has 0 spiro atoms. The van der Waals surface area contributed by atoms with Crippen LogP contribution in [0.4, 0.5) is 5.69 Å². The first-order valence-corrected chi connectivity index (χ1v) is 6.44. The van der Waals surface area contributed by atoms with Gasteiger partial charge < -0.3 is 20.1 Å². The molecule has 0 radical (unpaired) electrons. The minimum absolute atomic E-state index is 0.0696. The van der Waals surface area contributed by atoms with Gasteiger partial charge in [-0.2, -0.15) is 0 Å². The number of hydrogen-bond acceptors (Lipinski definition) is 6. The highest BCUT2D eigenvalue weighted by molar-refractivity contribution is 5.98. The molecule has 2 N–H and O–H groups in total. The first kappa shape index (κ1) is 15.2. The van der Waals surface area contributed by atoms with Gasteiger partial charge >= 0.3 is 5.69 Å². The summed E-state index contributed by atoms with van der Waals surface area (Å²) < 4.78 is 5.03. The molecule has 0 unspecified atom stereocenters. The number of hydrogen-bond donors (Lipinski definition) is 2. The number of benzene rings is 1. The summed E-state index contributed by atoms with van der Waals surface area (Å²) in [6, 6.07) is 3.81. The van der Waals surface area contributed by atoms with Crippen molar-refractivity contribution in [2.75, 3.05) is 27.2 Å². The second-order valence-electron chi connectivity index (χ2n) is 4.82. The Hall–Kier alpha value is -2.19. The molecule has 8 heteroatoms. The molecular formula is C13H17N3O5. The summed E-state index contributed by atoms with van der Waals surface area (Å²) in [5, 5.41) is 23.8. The minimum atomic E-state index is -0.663. The molecular weight excluding hydrogens is 278 g/mol. The summed E-state index contributed by atoms with van der Waals surface area (Å²) in [6.45, 7) is 0.884. The van der Waals surface area contributed by atoms with Crippen molar-refractivity contribution in [3.8, 4) is 5.75 Å². The Morgan fingerprint density at radius 1 is 1.52 bits per heavy atom. The van der Waals surface area contributed by atoms with Crippen LogP contribution in [0.3, 0.4) is 0 Å². The van der Waals surface area contributed by atoms with Gasteiger partial charge in [0.25, 0.3) is 5.91 Å². The van der Waals surface area contributed by atoms with Crippen molar-refractivity contribution in [3.63, 3.8) is 0 Å². The second-order valence-corrected chi connectivity index (χ2v) is 4.82. The molecule has 1 saturated heterocycles. The molecule has 0 saturated carbocycles. The number of nitrogens with one attached hydrogen (secondary N) is 1. The van der Waals surface area contributed by atoms with Crippen LogP contribution < -0.4 is 10.1 Å². The number of aliphatic hydroxyl groups excluding tert-OH is 1. The van der Waals surface area contributed by atoms with Crippen LogP contribution in [0.15, 0.2) is 18.2 Å². The highest BCUT2D eigenvalue weighted by Gasteiger charge is 2.33. The van der Waals surface area contributed by atoms with Gasteiger partial charge in [0.05, 0.1) is 29.7 Å². The van der Waals surface area contributed by atoms with Gasteiger partial charge in [0.2, 0.25) is 5.75 Å². The molecule has 21 heavy (non-hydrogen) atoms. The van der Waals surface area contributed by atoms with Crippen LogP contribution in [0.1, 0.15) is 10.4 Å². The molecule has 1 fully saturated rings. The summed E-state index contributed by atoms with van der Waals surface area (Å²) in [6.07, 6.45) is -0.663. The van der Waals surface area contributed by atoms with Crippen molar-refractivity contribution >= 4 is 11.6 Å². The molecule has 2 rings (SSSR count). The van der Waals surface area contributed by atoms with Crippen LogP contribution in [0.25, 0.3) is 0 Å². The van der Waals surface area contributed by atoms with Crippen LogP contribution in [-0.4, -0.2) is 60.2 Å². The number of carbonyl (C=O) groups excluding carboxylic acids is 1. The zero-order chi connectivity index (χ0) is 15.6. The zero-order valence-electron chi connectivity index (χ0n) is 11.8. The maximum Gasteiger partial charge on any atom is 0.311 e. The highest BCUT2D eigenvalue weighted by Crippen LogP contribution is 2.31. The van der Waals surface area contributed by atoms with Gasteiger partial charge in [-0.15, -0.1) is 0 Å². The first-order valence-electron chi connectivity index (χ1n) is 6.44. The standard InChI is InChI=1S/C13H17N3O5/c1-15(10-6-14-7-11(10)17)13(18)8-4-3-5-9(16(19)20)12(8)21-2/h3-5,10-11,14,17H,6-7H2,1-2H3/t10-,11-/m0/s1. The average Bonchev–Trinajstić information content (AvgIpc) is 2.90. The first-order chi connectivity index (χ1) is 9.97. The lowest BCUT2D eigenvalue weighted by Gasteiger charge is -2.26. The molecule has 0 aromatic heterocycles. The largest absolute Gasteiger partial charge is 0.490 e. The molecule has 0 aliphatic carbocycles. The van der Waals surface area contributed by atoms with E-state index in [2.05, 4.69) is 5.32 Å². The van der Waals surface area contributed by atoms with E-state index >= 15 is 0 Å². The second kappa shape index (κ2) is 6.06. The van der Waals surface area contributed by atoms with Gasteiger partial charge in [0.1, 0.15) is 0 Å². The van der Waals surface area contributed by atoms with E-state index in [0.717, 1.165) is 0 Å². The maximum atomic E-state index is 12.5. The summed E-state index contributed by atoms with van der Waals surface area (Å²) in [7, 11) is 2.84. The lowest BCUT2D eigenvalue weighted by atomic mass is 10.1. The summed E-state index contributed by atoms with van der Waals surface area (Å²) >= 11 is 0. The van der Waals surface area contributed by atoms with Crippen LogP contribution in [0.2, 0.25) is 0 Å². The minimum Gasteiger partial charge on any atom is -0.490 e. The van der Waals surface area contributed by atoms with E-state index in [4.69, 9.17) is 4.74 Å². The summed E-state index contributed by atoms with van der Waals surface area (Å²) in [4.78, 5) is 24.3. The molecule has 2 atom stereocenters. The fraction of sp³-hybridized carbons (Fsp3) is 0.462. The van der Waals surface area contributed by atoms with Gasteiger partial charge in [0, 0.05) is 26.2 Å². The van der Waals surface area contributed by atoms with Crippen molar-refractivity contribution in [1.29, 1.82) is 0 Å². The van der Waals surface area contributed by atoms with Crippen molar-refractivity contribution in [2.45, 2.75) is 12.1 Å². The van der Waals surface area contributed by atoms with E-state index in [1.165, 1.54) is 30.2 Å². The Labute approximate surface area is 121 Å². The van der Waals surface area contributed by atoms with E-state index < -0.39 is 16.9 Å². The lowest BCUT2D eigenvalue weighted by molar-refractivity contribution is -0.385. The molecule has 0 bridgehead atoms. The number of carbonyl (C=O) groups is 1. The summed E-state index contributed by atoms with van der Waals surface area (Å²) in [5.41, 5.74) is -0.157. The molecule has 8 nitrogen and oxygen atoms in total. The van der Waals surface area contributed by atoms with Gasteiger partial charge in [-0.25, -0.2) is 0 Å². The molecule has 114 valence electrons. The Balaban J connectivity index is 2.34. The smallest absolute Gasteiger partial charge is 0.311 e. The third-order valence-corrected chi connectivity index (χ3v) is 3.59. The third-order valence-electron chi connectivity index (χ3n) is 3.59. The number of aliphatic hydroxyl groups is 1. The number of amides is 1. The van der Waals surface area contributed by atoms with Crippen molar-refractivity contribution in [2.24, 2.45) is 0 Å². The van der Waals surface area contributed by atoms with E-state index in [-0.39, 0.29) is 23.0 Å². The van der Waals surface area contributed by atoms with E-state index in [9.17, 15) is 20.0 Å². The Kier molecular flexibility index (Phi) is 4.39. The number of para-hydroxylation sites is 1. The van der Waals surface area contributed by atoms with Crippen LogP contribution in [0.5, 0.6) is 5.75 Å². The van der Waals surface area contributed by atoms with Gasteiger partial charge in [0.15, 0.2) is 0 Å². The van der Waals surface area contributed by atoms with Crippen LogP contribution >= 0.6 is 0 Å². The Bertz CT molecular complexity index is 563. The number of nitro benzene ring substituents is 1. The third kappa shape index (κ3) is 2.81. The van der Waals surface area contributed by atoms with Crippen LogP contribution in [0, 0.1) is 10.1 Å². The quantitative estimate of drug-likeness (QED) is 0.599. The summed E-state index contributed by atoms with van der Waals surface area (Å²) in [5.74, 6) is -0.497. The molecule has 1 aliphatic heterocycles. The fourth-order valence-corrected chi connectivity index (χ4v) is 2.44. The van der Waals surface area contributed by atoms with E-state index in [1.54, 1.807) is 7.05 Å². The SMILES string of the molecule is COc1c(C(=O)N(C)[C@H]2CNC[C@@H]2O)cccc1[N+](=O)[O-]. The van der Waals surface area contributed by atoms with Gasteiger partial charge in [-0.3, -0.25) is 14.9 Å². The van der Waals surface area contributed by atoms with Gasteiger partial charge in [-0.05, 0) is 6.07 Å². The number of nitro groups is 1. The number of nitrogens with zero attached hydrogens (tertiary/aromatic N) is 2. The van der Waals surface area contributed by atoms with Crippen molar-refractivity contribution in [3.05, 3.63) is 33.9 Å². The highest BCUT2D eigenvalue weighted by atomic mass is 16.6. The maximum absolute atomic E-state index is 12.5. The molecule has 1 aromatic carbocycles. The van der Waals surface area contributed by atoms with E-state index in [1.807, 2.05) is 0 Å². The fourth-order valence-electron chi connectivity index (χ4n) is 2.44. The molecule has 1 aromatic rings. The monoisotopic (exact) mass is 295 g/mol. The van der Waals surface area contributed by atoms with E-state index in [0.29, 0.717) is 13.1 Å². The number of β-amino-alcohol motifs (C(OH)–C–C–N with tert-alkyl or cyclic N) is 1. The van der Waals surface area contributed by atoms with Crippen molar-refractivity contribution < 1.29 is 19.6 Å². The van der Waals surface area contributed by atoms with Gasteiger partial charge in [-0.1, -0.05) is 6.07 Å². The van der Waals surface area contributed by atoms with Crippen molar-refractivity contribution in [1.82, 2.24) is 10.2 Å². The number of methoxy groups -OCH3 is 1. The Morgan fingerprint density at radius 3 is 2.76 bits per heavy atom. The topological polar surface area (TPSA) is 105 Å². The zero-order valence-corrected chi connectivity index (χ0v) is 11.8. The van der Waals surface area contributed by atoms with Crippen LogP contribution in [-0.2, 0) is 0 Å². The average molecular weight is 295 g/mol. The predicted molar refractivity (Wildman–Crippen MR) is 74.4 cm³/mol.